The molecule has 1 atom stereocenters. The van der Waals surface area contributed by atoms with Gasteiger partial charge < -0.3 is 9.67 Å². The Balaban J connectivity index is 1.93. The number of fused-ring (bicyclic) bond motifs is 1. The minimum absolute atomic E-state index is 0.512. The van der Waals surface area contributed by atoms with Gasteiger partial charge in [-0.05, 0) is 25.5 Å². The van der Waals surface area contributed by atoms with Gasteiger partial charge in [0.15, 0.2) is 0 Å². The molecule has 0 aliphatic carbocycles. The number of benzene rings is 1. The van der Waals surface area contributed by atoms with Crippen molar-refractivity contribution < 1.29 is 5.11 Å². The van der Waals surface area contributed by atoms with Crippen LogP contribution in [0.1, 0.15) is 70.7 Å². The second-order valence-corrected chi connectivity index (χ2v) is 5.91. The van der Waals surface area contributed by atoms with E-state index in [1.807, 2.05) is 18.2 Å². The van der Waals surface area contributed by atoms with Gasteiger partial charge in [-0.2, -0.15) is 0 Å². The summed E-state index contributed by atoms with van der Waals surface area (Å²) in [5.74, 6) is 0.794. The van der Waals surface area contributed by atoms with Crippen molar-refractivity contribution in [3.63, 3.8) is 0 Å². The molecular weight excluding hydrogens is 260 g/mol. The Labute approximate surface area is 128 Å². The third-order valence-electron chi connectivity index (χ3n) is 4.04. The van der Waals surface area contributed by atoms with E-state index in [1.54, 1.807) is 6.92 Å². The Morgan fingerprint density at radius 1 is 1.05 bits per heavy atom. The quantitative estimate of drug-likeness (QED) is 0.670. The van der Waals surface area contributed by atoms with Crippen LogP contribution >= 0.6 is 0 Å². The summed E-state index contributed by atoms with van der Waals surface area (Å²) in [5, 5.41) is 9.92. The Morgan fingerprint density at radius 2 is 1.71 bits per heavy atom. The summed E-state index contributed by atoms with van der Waals surface area (Å²) >= 11 is 0. The third kappa shape index (κ3) is 4.31. The predicted octanol–water partition coefficient (Wildman–Crippen LogP) is 4.84. The molecule has 3 nitrogen and oxygen atoms in total. The lowest BCUT2D eigenvalue weighted by molar-refractivity contribution is 0.184. The van der Waals surface area contributed by atoms with Crippen LogP contribution in [0.15, 0.2) is 24.3 Å². The zero-order valence-electron chi connectivity index (χ0n) is 13.4. The fourth-order valence-corrected chi connectivity index (χ4v) is 2.88. The number of nitrogens with zero attached hydrogens (tertiary/aromatic N) is 2. The molecule has 1 aromatic carbocycles. The molecule has 0 saturated carbocycles. The fraction of sp³-hybridized carbons (Fsp3) is 0.611. The molecule has 2 rings (SSSR count). The van der Waals surface area contributed by atoms with Crippen molar-refractivity contribution in [2.24, 2.45) is 0 Å². The van der Waals surface area contributed by atoms with E-state index in [0.717, 1.165) is 29.8 Å². The van der Waals surface area contributed by atoms with Gasteiger partial charge in [-0.15, -0.1) is 0 Å². The summed E-state index contributed by atoms with van der Waals surface area (Å²) in [4.78, 5) is 4.56. The molecule has 0 aliphatic heterocycles. The third-order valence-corrected chi connectivity index (χ3v) is 4.04. The summed E-state index contributed by atoms with van der Waals surface area (Å²) in [6, 6.07) is 8.15. The molecule has 2 aromatic rings. The largest absolute Gasteiger partial charge is 0.385 e. The molecule has 1 N–H and O–H groups in total. The summed E-state index contributed by atoms with van der Waals surface area (Å²) in [5.41, 5.74) is 2.12. The summed E-state index contributed by atoms with van der Waals surface area (Å²) < 4.78 is 2.19. The first-order valence-corrected chi connectivity index (χ1v) is 8.37. The molecule has 0 fully saturated rings. The highest BCUT2D eigenvalue weighted by Gasteiger charge is 2.13. The maximum absolute atomic E-state index is 9.92. The van der Waals surface area contributed by atoms with Crippen molar-refractivity contribution in [2.75, 3.05) is 0 Å². The van der Waals surface area contributed by atoms with Gasteiger partial charge in [0.25, 0.3) is 0 Å². The van der Waals surface area contributed by atoms with Gasteiger partial charge in [-0.1, -0.05) is 57.6 Å². The number of imidazole rings is 1. The minimum atomic E-state index is -0.512. The SMILES string of the molecule is CCCCCCCCCn1c([C@@H](C)O)nc2ccccc21. The van der Waals surface area contributed by atoms with Crippen LogP contribution in [0, 0.1) is 0 Å². The second-order valence-electron chi connectivity index (χ2n) is 5.91. The van der Waals surface area contributed by atoms with E-state index in [-0.39, 0.29) is 0 Å². The highest BCUT2D eigenvalue weighted by Crippen LogP contribution is 2.21. The van der Waals surface area contributed by atoms with Crippen molar-refractivity contribution in [3.8, 4) is 0 Å². The molecule has 0 bridgehead atoms. The number of rotatable bonds is 9. The molecule has 1 heterocycles. The van der Waals surface area contributed by atoms with E-state index in [4.69, 9.17) is 0 Å². The van der Waals surface area contributed by atoms with Crippen molar-refractivity contribution in [3.05, 3.63) is 30.1 Å². The topological polar surface area (TPSA) is 38.0 Å². The average Bonchev–Trinajstić information content (AvgIpc) is 2.85. The van der Waals surface area contributed by atoms with Gasteiger partial charge in [0.05, 0.1) is 11.0 Å². The van der Waals surface area contributed by atoms with Gasteiger partial charge in [0.2, 0.25) is 0 Å². The Bertz CT molecular complexity index is 545. The molecule has 0 amide bonds. The first kappa shape index (κ1) is 16.0. The average molecular weight is 288 g/mol. The van der Waals surface area contributed by atoms with Crippen molar-refractivity contribution in [2.45, 2.75) is 71.4 Å². The Hall–Kier alpha value is -1.35. The smallest absolute Gasteiger partial charge is 0.138 e. The lowest BCUT2D eigenvalue weighted by atomic mass is 10.1. The molecule has 0 radical (unpaired) electrons. The summed E-state index contributed by atoms with van der Waals surface area (Å²) in [6.07, 6.45) is 8.60. The van der Waals surface area contributed by atoms with Crippen LogP contribution in [0.2, 0.25) is 0 Å². The van der Waals surface area contributed by atoms with E-state index < -0.39 is 6.10 Å². The second kappa shape index (κ2) is 8.18. The van der Waals surface area contributed by atoms with Gasteiger partial charge in [-0.25, -0.2) is 4.98 Å². The van der Waals surface area contributed by atoms with Gasteiger partial charge in [-0.3, -0.25) is 0 Å². The molecule has 21 heavy (non-hydrogen) atoms. The van der Waals surface area contributed by atoms with Gasteiger partial charge in [0, 0.05) is 6.54 Å². The van der Waals surface area contributed by atoms with E-state index >= 15 is 0 Å². The van der Waals surface area contributed by atoms with Crippen LogP contribution in [0.4, 0.5) is 0 Å². The lowest BCUT2D eigenvalue weighted by Gasteiger charge is -2.10. The lowest BCUT2D eigenvalue weighted by Crippen LogP contribution is -2.07. The van der Waals surface area contributed by atoms with Crippen LogP contribution in [0.3, 0.4) is 0 Å². The number of aliphatic hydroxyl groups excluding tert-OH is 1. The van der Waals surface area contributed by atoms with E-state index in [0.29, 0.717) is 0 Å². The molecule has 0 saturated heterocycles. The molecule has 1 aromatic heterocycles. The van der Waals surface area contributed by atoms with Crippen LogP contribution in [0.5, 0.6) is 0 Å². The Morgan fingerprint density at radius 3 is 2.43 bits per heavy atom. The maximum Gasteiger partial charge on any atom is 0.138 e. The first-order chi connectivity index (χ1) is 10.2. The standard InChI is InChI=1S/C18H28N2O/c1-3-4-5-6-7-8-11-14-20-17-13-10-9-12-16(17)19-18(20)15(2)21/h9-10,12-13,15,21H,3-8,11,14H2,1-2H3/t15-/m1/s1. The van der Waals surface area contributed by atoms with Crippen molar-refractivity contribution in [1.82, 2.24) is 9.55 Å². The highest BCUT2D eigenvalue weighted by molar-refractivity contribution is 5.75. The molecule has 0 spiro atoms. The zero-order valence-corrected chi connectivity index (χ0v) is 13.4. The van der Waals surface area contributed by atoms with Crippen molar-refractivity contribution >= 4 is 11.0 Å². The van der Waals surface area contributed by atoms with Gasteiger partial charge in [0.1, 0.15) is 11.9 Å². The van der Waals surface area contributed by atoms with Crippen LogP contribution in [-0.2, 0) is 6.54 Å². The predicted molar refractivity (Wildman–Crippen MR) is 88.4 cm³/mol. The molecule has 116 valence electrons. The van der Waals surface area contributed by atoms with Crippen LogP contribution < -0.4 is 0 Å². The molecule has 0 aliphatic rings. The number of hydrogen-bond donors (Lipinski definition) is 1. The van der Waals surface area contributed by atoms with Crippen LogP contribution in [-0.4, -0.2) is 14.7 Å². The summed E-state index contributed by atoms with van der Waals surface area (Å²) in [6.45, 7) is 5.00. The highest BCUT2D eigenvalue weighted by atomic mass is 16.3. The maximum atomic E-state index is 9.92. The minimum Gasteiger partial charge on any atom is -0.385 e. The zero-order chi connectivity index (χ0) is 15.1. The number of aromatic nitrogens is 2. The number of hydrogen-bond acceptors (Lipinski definition) is 2. The number of para-hydroxylation sites is 2. The van der Waals surface area contributed by atoms with Gasteiger partial charge >= 0.3 is 0 Å². The Kier molecular flexibility index (Phi) is 6.24. The van der Waals surface area contributed by atoms with E-state index in [9.17, 15) is 5.11 Å². The van der Waals surface area contributed by atoms with Crippen molar-refractivity contribution in [1.29, 1.82) is 0 Å². The van der Waals surface area contributed by atoms with E-state index in [1.165, 1.54) is 38.5 Å². The normalized spacial score (nSPS) is 12.9. The van der Waals surface area contributed by atoms with E-state index in [2.05, 4.69) is 22.5 Å². The molecule has 0 unspecified atom stereocenters. The number of aryl methyl sites for hydroxylation is 1. The molecule has 3 heteroatoms. The summed E-state index contributed by atoms with van der Waals surface area (Å²) in [7, 11) is 0. The van der Waals surface area contributed by atoms with Crippen LogP contribution in [0.25, 0.3) is 11.0 Å². The fourth-order valence-electron chi connectivity index (χ4n) is 2.88. The monoisotopic (exact) mass is 288 g/mol. The first-order valence-electron chi connectivity index (χ1n) is 8.37. The molecular formula is C18H28N2O. The number of unbranched alkanes of at least 4 members (excludes halogenated alkanes) is 6. The number of aliphatic hydroxyl groups is 1.